The predicted octanol–water partition coefficient (Wildman–Crippen LogP) is 3.34. The Morgan fingerprint density at radius 1 is 1.17 bits per heavy atom. The summed E-state index contributed by atoms with van der Waals surface area (Å²) in [5, 5.41) is 2.85. The summed E-state index contributed by atoms with van der Waals surface area (Å²) in [6, 6.07) is 14.6. The van der Waals surface area contributed by atoms with Gasteiger partial charge in [0.25, 0.3) is 0 Å². The molecule has 4 nitrogen and oxygen atoms in total. The zero-order chi connectivity index (χ0) is 16.4. The third kappa shape index (κ3) is 3.26. The van der Waals surface area contributed by atoms with Gasteiger partial charge in [0.05, 0.1) is 17.6 Å². The Labute approximate surface area is 136 Å². The van der Waals surface area contributed by atoms with E-state index in [9.17, 15) is 4.79 Å². The molecule has 0 spiro atoms. The highest BCUT2D eigenvalue weighted by molar-refractivity contribution is 5.76. The molecule has 2 aromatic carbocycles. The average molecular weight is 307 g/mol. The molecule has 0 saturated heterocycles. The normalized spacial score (nSPS) is 10.9. The maximum absolute atomic E-state index is 11.3. The molecule has 0 bridgehead atoms. The molecule has 4 heteroatoms. The SMILES string of the molecule is CC(=O)NCc1nc2ccccc2n1Cc1cc(C)ccc1C. The Morgan fingerprint density at radius 2 is 1.96 bits per heavy atom. The first-order chi connectivity index (χ1) is 11.0. The minimum absolute atomic E-state index is 0.0460. The number of hydrogen-bond acceptors (Lipinski definition) is 2. The van der Waals surface area contributed by atoms with Crippen LogP contribution in [0.5, 0.6) is 0 Å². The maximum Gasteiger partial charge on any atom is 0.217 e. The molecule has 0 aliphatic heterocycles. The number of para-hydroxylation sites is 2. The van der Waals surface area contributed by atoms with Crippen LogP contribution in [0.25, 0.3) is 11.0 Å². The van der Waals surface area contributed by atoms with Gasteiger partial charge in [-0.15, -0.1) is 0 Å². The summed E-state index contributed by atoms with van der Waals surface area (Å²) in [6.07, 6.45) is 0. The zero-order valence-corrected chi connectivity index (χ0v) is 13.8. The standard InChI is InChI=1S/C19H21N3O/c1-13-8-9-14(2)16(10-13)12-22-18-7-5-4-6-17(18)21-19(22)11-20-15(3)23/h4-10H,11-12H2,1-3H3,(H,20,23). The Bertz CT molecular complexity index is 864. The number of rotatable bonds is 4. The van der Waals surface area contributed by atoms with E-state index in [0.717, 1.165) is 23.4 Å². The Morgan fingerprint density at radius 3 is 2.74 bits per heavy atom. The van der Waals surface area contributed by atoms with E-state index >= 15 is 0 Å². The van der Waals surface area contributed by atoms with Gasteiger partial charge in [0.15, 0.2) is 0 Å². The van der Waals surface area contributed by atoms with E-state index in [-0.39, 0.29) is 5.91 Å². The highest BCUT2D eigenvalue weighted by atomic mass is 16.1. The van der Waals surface area contributed by atoms with Gasteiger partial charge in [-0.3, -0.25) is 4.79 Å². The highest BCUT2D eigenvalue weighted by Crippen LogP contribution is 2.20. The molecule has 1 N–H and O–H groups in total. The van der Waals surface area contributed by atoms with Crippen LogP contribution < -0.4 is 5.32 Å². The lowest BCUT2D eigenvalue weighted by Crippen LogP contribution is -2.22. The molecule has 118 valence electrons. The van der Waals surface area contributed by atoms with Gasteiger partial charge in [-0.2, -0.15) is 0 Å². The number of aryl methyl sites for hydroxylation is 2. The van der Waals surface area contributed by atoms with Crippen LogP contribution in [0.3, 0.4) is 0 Å². The number of carbonyl (C=O) groups is 1. The van der Waals surface area contributed by atoms with Crippen molar-refractivity contribution in [3.8, 4) is 0 Å². The molecular weight excluding hydrogens is 286 g/mol. The molecule has 0 fully saturated rings. The third-order valence-corrected chi connectivity index (χ3v) is 4.06. The Balaban J connectivity index is 2.05. The minimum atomic E-state index is -0.0460. The molecule has 1 amide bonds. The van der Waals surface area contributed by atoms with Gasteiger partial charge in [-0.1, -0.05) is 35.9 Å². The van der Waals surface area contributed by atoms with Crippen molar-refractivity contribution in [2.45, 2.75) is 33.9 Å². The molecule has 23 heavy (non-hydrogen) atoms. The summed E-state index contributed by atoms with van der Waals surface area (Å²) < 4.78 is 2.19. The van der Waals surface area contributed by atoms with Gasteiger partial charge in [-0.25, -0.2) is 4.98 Å². The quantitative estimate of drug-likeness (QED) is 0.803. The van der Waals surface area contributed by atoms with Gasteiger partial charge in [0.1, 0.15) is 5.82 Å². The summed E-state index contributed by atoms with van der Waals surface area (Å²) in [7, 11) is 0. The van der Waals surface area contributed by atoms with E-state index in [1.165, 1.54) is 23.6 Å². The van der Waals surface area contributed by atoms with Crippen molar-refractivity contribution in [1.29, 1.82) is 0 Å². The second-order valence-electron chi connectivity index (χ2n) is 5.94. The topological polar surface area (TPSA) is 46.9 Å². The lowest BCUT2D eigenvalue weighted by Gasteiger charge is -2.12. The van der Waals surface area contributed by atoms with Crippen molar-refractivity contribution in [1.82, 2.24) is 14.9 Å². The van der Waals surface area contributed by atoms with E-state index in [1.807, 2.05) is 18.2 Å². The second kappa shape index (κ2) is 6.24. The van der Waals surface area contributed by atoms with E-state index in [4.69, 9.17) is 0 Å². The number of nitrogens with one attached hydrogen (secondary N) is 1. The number of aromatic nitrogens is 2. The summed E-state index contributed by atoms with van der Waals surface area (Å²) in [5.74, 6) is 0.831. The van der Waals surface area contributed by atoms with Gasteiger partial charge in [-0.05, 0) is 37.1 Å². The molecule has 1 heterocycles. The lowest BCUT2D eigenvalue weighted by atomic mass is 10.1. The van der Waals surface area contributed by atoms with Crippen LogP contribution in [0.2, 0.25) is 0 Å². The number of benzene rings is 2. The first kappa shape index (κ1) is 15.3. The number of amides is 1. The summed E-state index contributed by atoms with van der Waals surface area (Å²) in [6.45, 7) is 6.95. The van der Waals surface area contributed by atoms with E-state index in [0.29, 0.717) is 6.54 Å². The van der Waals surface area contributed by atoms with Gasteiger partial charge >= 0.3 is 0 Å². The summed E-state index contributed by atoms with van der Waals surface area (Å²) >= 11 is 0. The number of imidazole rings is 1. The smallest absolute Gasteiger partial charge is 0.217 e. The van der Waals surface area contributed by atoms with Crippen molar-refractivity contribution in [3.05, 3.63) is 65.0 Å². The molecule has 0 saturated carbocycles. The second-order valence-corrected chi connectivity index (χ2v) is 5.94. The summed E-state index contributed by atoms with van der Waals surface area (Å²) in [4.78, 5) is 15.9. The van der Waals surface area contributed by atoms with E-state index in [1.54, 1.807) is 0 Å². The number of nitrogens with zero attached hydrogens (tertiary/aromatic N) is 2. The maximum atomic E-state index is 11.3. The van der Waals surface area contributed by atoms with Gasteiger partial charge < -0.3 is 9.88 Å². The van der Waals surface area contributed by atoms with Crippen LogP contribution in [-0.4, -0.2) is 15.5 Å². The van der Waals surface area contributed by atoms with Crippen LogP contribution in [0.4, 0.5) is 0 Å². The number of carbonyl (C=O) groups excluding carboxylic acids is 1. The van der Waals surface area contributed by atoms with Crippen LogP contribution in [0, 0.1) is 13.8 Å². The average Bonchev–Trinajstić information content (AvgIpc) is 2.87. The van der Waals surface area contributed by atoms with E-state index in [2.05, 4.69) is 53.0 Å². The largest absolute Gasteiger partial charge is 0.349 e. The third-order valence-electron chi connectivity index (χ3n) is 4.06. The highest BCUT2D eigenvalue weighted by Gasteiger charge is 2.12. The Hall–Kier alpha value is -2.62. The van der Waals surface area contributed by atoms with Crippen molar-refractivity contribution in [2.24, 2.45) is 0 Å². The molecule has 3 aromatic rings. The molecule has 0 unspecified atom stereocenters. The molecule has 1 aromatic heterocycles. The monoisotopic (exact) mass is 307 g/mol. The van der Waals surface area contributed by atoms with Gasteiger partial charge in [0.2, 0.25) is 5.91 Å². The fraction of sp³-hybridized carbons (Fsp3) is 0.263. The molecule has 3 rings (SSSR count). The Kier molecular flexibility index (Phi) is 4.15. The van der Waals surface area contributed by atoms with Crippen LogP contribution in [-0.2, 0) is 17.9 Å². The number of fused-ring (bicyclic) bond motifs is 1. The van der Waals surface area contributed by atoms with Gasteiger partial charge in [0, 0.05) is 13.5 Å². The fourth-order valence-corrected chi connectivity index (χ4v) is 2.78. The van der Waals surface area contributed by atoms with Crippen molar-refractivity contribution in [3.63, 3.8) is 0 Å². The number of hydrogen-bond donors (Lipinski definition) is 1. The molecule has 0 aliphatic rings. The van der Waals surface area contributed by atoms with Crippen molar-refractivity contribution in [2.75, 3.05) is 0 Å². The predicted molar refractivity (Wildman–Crippen MR) is 92.3 cm³/mol. The molecule has 0 aliphatic carbocycles. The molecule has 0 radical (unpaired) electrons. The van der Waals surface area contributed by atoms with Crippen LogP contribution >= 0.6 is 0 Å². The molecule has 0 atom stereocenters. The fourth-order valence-electron chi connectivity index (χ4n) is 2.78. The van der Waals surface area contributed by atoms with Crippen LogP contribution in [0.1, 0.15) is 29.4 Å². The first-order valence-electron chi connectivity index (χ1n) is 7.79. The lowest BCUT2D eigenvalue weighted by molar-refractivity contribution is -0.119. The minimum Gasteiger partial charge on any atom is -0.349 e. The zero-order valence-electron chi connectivity index (χ0n) is 13.8. The van der Waals surface area contributed by atoms with Crippen LogP contribution in [0.15, 0.2) is 42.5 Å². The summed E-state index contributed by atoms with van der Waals surface area (Å²) in [5.41, 5.74) is 5.83. The molecular formula is C19H21N3O. The van der Waals surface area contributed by atoms with Crippen molar-refractivity contribution < 1.29 is 4.79 Å². The van der Waals surface area contributed by atoms with Crippen molar-refractivity contribution >= 4 is 16.9 Å². The first-order valence-corrected chi connectivity index (χ1v) is 7.79. The van der Waals surface area contributed by atoms with E-state index < -0.39 is 0 Å².